The Kier molecular flexibility index (Phi) is 6.63. The van der Waals surface area contributed by atoms with Gasteiger partial charge < -0.3 is 10.1 Å². The molecular formula is C30H30F2N2O. The van der Waals surface area contributed by atoms with Gasteiger partial charge in [-0.15, -0.1) is 0 Å². The van der Waals surface area contributed by atoms with Gasteiger partial charge >= 0.3 is 0 Å². The molecule has 1 fully saturated rings. The topological polar surface area (TPSA) is 34.1 Å². The van der Waals surface area contributed by atoms with Gasteiger partial charge in [-0.3, -0.25) is 4.98 Å². The lowest BCUT2D eigenvalue weighted by Gasteiger charge is -2.38. The molecule has 0 bridgehead atoms. The number of ether oxygens (including phenoxy) is 1. The van der Waals surface area contributed by atoms with Crippen LogP contribution in [0.3, 0.4) is 0 Å². The molecule has 4 aromatic rings. The third-order valence-electron chi connectivity index (χ3n) is 7.02. The van der Waals surface area contributed by atoms with E-state index in [0.29, 0.717) is 6.61 Å². The first-order valence-electron chi connectivity index (χ1n) is 12.1. The van der Waals surface area contributed by atoms with Crippen molar-refractivity contribution in [2.45, 2.75) is 37.7 Å². The van der Waals surface area contributed by atoms with Gasteiger partial charge in [0.05, 0.1) is 18.7 Å². The molecule has 2 heterocycles. The molecule has 1 aliphatic heterocycles. The summed E-state index contributed by atoms with van der Waals surface area (Å²) in [6.45, 7) is 3.65. The molecule has 0 radical (unpaired) electrons. The Labute approximate surface area is 205 Å². The normalized spacial score (nSPS) is 15.9. The SMILES string of the molecule is CC(F)(F)c1cc(COCC2(c3ccccc3)CCNCC2)cc(-c2cnc3ccccc3c2)c1. The van der Waals surface area contributed by atoms with Crippen molar-refractivity contribution in [1.82, 2.24) is 10.3 Å². The molecule has 0 amide bonds. The first kappa shape index (κ1) is 23.6. The maximum absolute atomic E-state index is 14.4. The largest absolute Gasteiger partial charge is 0.376 e. The van der Waals surface area contributed by atoms with Crippen LogP contribution >= 0.6 is 0 Å². The van der Waals surface area contributed by atoms with Crippen molar-refractivity contribution in [3.8, 4) is 11.1 Å². The van der Waals surface area contributed by atoms with Crippen molar-refractivity contribution >= 4 is 10.9 Å². The fourth-order valence-electron chi connectivity index (χ4n) is 5.00. The standard InChI is InChI=1S/C30H30F2N2O/c1-29(31,32)27-16-22(15-24(18-27)25-17-23-7-5-6-10-28(23)34-19-25)20-35-21-30(11-13-33-14-12-30)26-8-3-2-4-9-26/h2-10,15-19,33H,11-14,20-21H2,1H3. The summed E-state index contributed by atoms with van der Waals surface area (Å²) < 4.78 is 35.1. The average Bonchev–Trinajstić information content (AvgIpc) is 2.89. The Morgan fingerprint density at radius 1 is 0.914 bits per heavy atom. The van der Waals surface area contributed by atoms with Crippen molar-refractivity contribution < 1.29 is 13.5 Å². The molecule has 0 spiro atoms. The lowest BCUT2D eigenvalue weighted by Crippen LogP contribution is -2.43. The third kappa shape index (κ3) is 5.26. The molecule has 180 valence electrons. The van der Waals surface area contributed by atoms with Crippen LogP contribution < -0.4 is 5.32 Å². The van der Waals surface area contributed by atoms with E-state index in [2.05, 4.69) is 34.6 Å². The van der Waals surface area contributed by atoms with Gasteiger partial charge in [0.15, 0.2) is 0 Å². The molecule has 0 unspecified atom stereocenters. The van der Waals surface area contributed by atoms with Crippen LogP contribution in [0.15, 0.2) is 85.1 Å². The summed E-state index contributed by atoms with van der Waals surface area (Å²) >= 11 is 0. The summed E-state index contributed by atoms with van der Waals surface area (Å²) in [6, 6.07) is 25.4. The van der Waals surface area contributed by atoms with Gasteiger partial charge in [-0.1, -0.05) is 48.5 Å². The number of piperidine rings is 1. The predicted molar refractivity (Wildman–Crippen MR) is 137 cm³/mol. The van der Waals surface area contributed by atoms with Gasteiger partial charge in [-0.25, -0.2) is 8.78 Å². The zero-order valence-corrected chi connectivity index (χ0v) is 19.9. The van der Waals surface area contributed by atoms with Crippen molar-refractivity contribution in [2.24, 2.45) is 0 Å². The van der Waals surface area contributed by atoms with E-state index < -0.39 is 5.92 Å². The van der Waals surface area contributed by atoms with Crippen LogP contribution in [0.4, 0.5) is 8.78 Å². The maximum Gasteiger partial charge on any atom is 0.270 e. The van der Waals surface area contributed by atoms with Gasteiger partial charge in [0.2, 0.25) is 0 Å². The highest BCUT2D eigenvalue weighted by Gasteiger charge is 2.34. The lowest BCUT2D eigenvalue weighted by molar-refractivity contribution is 0.0170. The van der Waals surface area contributed by atoms with Gasteiger partial charge in [-0.05, 0) is 73.0 Å². The smallest absolute Gasteiger partial charge is 0.270 e. The number of halogens is 2. The van der Waals surface area contributed by atoms with Crippen molar-refractivity contribution in [3.63, 3.8) is 0 Å². The number of para-hydroxylation sites is 1. The molecule has 3 aromatic carbocycles. The number of alkyl halides is 2. The van der Waals surface area contributed by atoms with Crippen molar-refractivity contribution in [1.29, 1.82) is 0 Å². The molecule has 1 aromatic heterocycles. The maximum atomic E-state index is 14.4. The van der Waals surface area contributed by atoms with Crippen LogP contribution in [-0.2, 0) is 22.7 Å². The van der Waals surface area contributed by atoms with Gasteiger partial charge in [0.25, 0.3) is 5.92 Å². The molecule has 0 aliphatic carbocycles. The second kappa shape index (κ2) is 9.84. The molecular weight excluding hydrogens is 442 g/mol. The summed E-state index contributed by atoms with van der Waals surface area (Å²) in [4.78, 5) is 4.52. The molecule has 35 heavy (non-hydrogen) atoms. The second-order valence-electron chi connectivity index (χ2n) is 9.61. The minimum absolute atomic E-state index is 0.0126. The van der Waals surface area contributed by atoms with E-state index in [1.165, 1.54) is 5.56 Å². The first-order valence-corrected chi connectivity index (χ1v) is 12.1. The molecule has 1 saturated heterocycles. The van der Waals surface area contributed by atoms with E-state index >= 15 is 0 Å². The number of benzene rings is 3. The van der Waals surface area contributed by atoms with E-state index in [0.717, 1.165) is 60.4 Å². The Balaban J connectivity index is 1.42. The number of nitrogens with zero attached hydrogens (tertiary/aromatic N) is 1. The van der Waals surface area contributed by atoms with E-state index in [4.69, 9.17) is 4.74 Å². The highest BCUT2D eigenvalue weighted by atomic mass is 19.3. The van der Waals surface area contributed by atoms with Gasteiger partial charge in [-0.2, -0.15) is 0 Å². The highest BCUT2D eigenvalue weighted by Crippen LogP contribution is 2.35. The van der Waals surface area contributed by atoms with Crippen LogP contribution in [-0.4, -0.2) is 24.7 Å². The minimum atomic E-state index is -2.95. The minimum Gasteiger partial charge on any atom is -0.376 e. The summed E-state index contributed by atoms with van der Waals surface area (Å²) in [5, 5.41) is 4.41. The van der Waals surface area contributed by atoms with E-state index in [1.54, 1.807) is 18.3 Å². The molecule has 0 atom stereocenters. The Morgan fingerprint density at radius 2 is 1.66 bits per heavy atom. The Bertz CT molecular complexity index is 1290. The Hall–Kier alpha value is -3.15. The number of hydrogen-bond donors (Lipinski definition) is 1. The third-order valence-corrected chi connectivity index (χ3v) is 7.02. The first-order chi connectivity index (χ1) is 16.9. The molecule has 0 saturated carbocycles. The van der Waals surface area contributed by atoms with Crippen LogP contribution in [0.2, 0.25) is 0 Å². The van der Waals surface area contributed by atoms with E-state index in [-0.39, 0.29) is 17.6 Å². The molecule has 1 N–H and O–H groups in total. The van der Waals surface area contributed by atoms with E-state index in [1.807, 2.05) is 42.5 Å². The fourth-order valence-corrected chi connectivity index (χ4v) is 5.00. The van der Waals surface area contributed by atoms with Crippen LogP contribution in [0.25, 0.3) is 22.0 Å². The summed E-state index contributed by atoms with van der Waals surface area (Å²) in [5.74, 6) is -2.95. The molecule has 3 nitrogen and oxygen atoms in total. The number of hydrogen-bond acceptors (Lipinski definition) is 3. The average molecular weight is 473 g/mol. The van der Waals surface area contributed by atoms with Crippen LogP contribution in [0.5, 0.6) is 0 Å². The van der Waals surface area contributed by atoms with Crippen LogP contribution in [0.1, 0.15) is 36.5 Å². The zero-order valence-electron chi connectivity index (χ0n) is 19.9. The van der Waals surface area contributed by atoms with Gasteiger partial charge in [0.1, 0.15) is 0 Å². The number of aromatic nitrogens is 1. The summed E-state index contributed by atoms with van der Waals surface area (Å²) in [7, 11) is 0. The molecule has 5 rings (SSSR count). The number of fused-ring (bicyclic) bond motifs is 1. The van der Waals surface area contributed by atoms with E-state index in [9.17, 15) is 8.78 Å². The molecule has 1 aliphatic rings. The monoisotopic (exact) mass is 472 g/mol. The zero-order chi connectivity index (χ0) is 24.3. The van der Waals surface area contributed by atoms with Crippen molar-refractivity contribution in [3.05, 3.63) is 102 Å². The van der Waals surface area contributed by atoms with Gasteiger partial charge in [0, 0.05) is 35.0 Å². The van der Waals surface area contributed by atoms with Crippen LogP contribution in [0, 0.1) is 0 Å². The number of pyridine rings is 1. The number of nitrogens with one attached hydrogen (secondary N) is 1. The lowest BCUT2D eigenvalue weighted by atomic mass is 9.74. The second-order valence-corrected chi connectivity index (χ2v) is 9.61. The Morgan fingerprint density at radius 3 is 2.43 bits per heavy atom. The predicted octanol–water partition coefficient (Wildman–Crippen LogP) is 6.85. The number of rotatable bonds is 7. The summed E-state index contributed by atoms with van der Waals surface area (Å²) in [6.07, 6.45) is 3.72. The highest BCUT2D eigenvalue weighted by molar-refractivity contribution is 5.83. The molecule has 5 heteroatoms. The quantitative estimate of drug-likeness (QED) is 0.319. The van der Waals surface area contributed by atoms with Crippen molar-refractivity contribution in [2.75, 3.05) is 19.7 Å². The summed E-state index contributed by atoms with van der Waals surface area (Å²) in [5.41, 5.74) is 4.36. The fraction of sp³-hybridized carbons (Fsp3) is 0.300.